The van der Waals surface area contributed by atoms with Crippen LogP contribution in [-0.4, -0.2) is 58.6 Å². The third-order valence-electron chi connectivity index (χ3n) is 5.57. The summed E-state index contributed by atoms with van der Waals surface area (Å²) in [6.07, 6.45) is 3.12. The van der Waals surface area contributed by atoms with Crippen LogP contribution in [0.4, 0.5) is 17.3 Å². The van der Waals surface area contributed by atoms with Crippen molar-refractivity contribution in [1.82, 2.24) is 25.3 Å². The summed E-state index contributed by atoms with van der Waals surface area (Å²) in [4.78, 5) is 53.3. The van der Waals surface area contributed by atoms with E-state index >= 15 is 0 Å². The number of hydroxylamine groups is 2. The van der Waals surface area contributed by atoms with Crippen molar-refractivity contribution in [3.63, 3.8) is 0 Å². The number of anilines is 3. The highest BCUT2D eigenvalue weighted by Crippen LogP contribution is 2.23. The average molecular weight is 503 g/mol. The number of para-hydroxylation sites is 1. The predicted octanol–water partition coefficient (Wildman–Crippen LogP) is 2.15. The maximum atomic E-state index is 12.8. The van der Waals surface area contributed by atoms with E-state index in [9.17, 15) is 14.4 Å². The van der Waals surface area contributed by atoms with Crippen molar-refractivity contribution in [2.24, 2.45) is 0 Å². The number of carbonyl (C=O) groups is 3. The first kappa shape index (κ1) is 25.1. The van der Waals surface area contributed by atoms with Gasteiger partial charge in [-0.15, -0.1) is 0 Å². The van der Waals surface area contributed by atoms with Gasteiger partial charge in [0.25, 0.3) is 17.7 Å². The Morgan fingerprint density at radius 1 is 1.03 bits per heavy atom. The van der Waals surface area contributed by atoms with Crippen molar-refractivity contribution in [2.75, 3.05) is 37.2 Å². The molecule has 6 N–H and O–H groups in total. The number of aromatic amines is 1. The number of benzene rings is 2. The second-order valence-electron chi connectivity index (χ2n) is 8.00. The molecule has 2 aromatic carbocycles. The molecule has 37 heavy (non-hydrogen) atoms. The van der Waals surface area contributed by atoms with Crippen LogP contribution < -0.4 is 21.7 Å². The fourth-order valence-electron chi connectivity index (χ4n) is 3.50. The van der Waals surface area contributed by atoms with Crippen molar-refractivity contribution >= 4 is 45.8 Å². The first-order valence-electron chi connectivity index (χ1n) is 11.3. The van der Waals surface area contributed by atoms with Crippen LogP contribution in [0.3, 0.4) is 0 Å². The zero-order chi connectivity index (χ0) is 26.4. The van der Waals surface area contributed by atoms with Crippen LogP contribution in [0.25, 0.3) is 10.8 Å². The lowest BCUT2D eigenvalue weighted by Gasteiger charge is -2.13. The van der Waals surface area contributed by atoms with Gasteiger partial charge in [0, 0.05) is 24.3 Å². The maximum Gasteiger partial charge on any atom is 0.271 e. The Kier molecular flexibility index (Phi) is 7.59. The zero-order valence-electron chi connectivity index (χ0n) is 20.2. The number of H-pyrrole nitrogens is 1. The number of nitrogens with one attached hydrogen (secondary N) is 4. The minimum atomic E-state index is -0.494. The normalized spacial score (nSPS) is 10.6. The molecule has 3 amide bonds. The van der Waals surface area contributed by atoms with Gasteiger partial charge in [-0.25, -0.2) is 10.0 Å². The summed E-state index contributed by atoms with van der Waals surface area (Å²) >= 11 is 0. The van der Waals surface area contributed by atoms with Crippen molar-refractivity contribution in [3.8, 4) is 0 Å². The van der Waals surface area contributed by atoms with Crippen LogP contribution in [0, 0.1) is 0 Å². The number of nitrogens with zero attached hydrogens (tertiary/aromatic N) is 3. The van der Waals surface area contributed by atoms with Crippen molar-refractivity contribution in [3.05, 3.63) is 77.9 Å². The highest BCUT2D eigenvalue weighted by atomic mass is 16.7. The topological polar surface area (TPSA) is 167 Å². The van der Waals surface area contributed by atoms with Crippen LogP contribution in [0.1, 0.15) is 26.5 Å². The lowest BCUT2D eigenvalue weighted by Crippen LogP contribution is -2.30. The van der Waals surface area contributed by atoms with E-state index in [1.54, 1.807) is 30.5 Å². The standard InChI is InChI=1S/C25H26N8O4/c1-33(37-2)21(34)11-17-13-28-25(31-17)32-23(35)18-8-5-9-19(22(18)26)29-14-30-24(36)20-10-15-6-3-4-7-16(15)12-27-20/h3-10,12-13,29H,11,14,26H2,1-2H3,(H,30,36)(H2,28,31,32,35). The van der Waals surface area contributed by atoms with Gasteiger partial charge in [-0.3, -0.25) is 29.5 Å². The molecule has 0 bridgehead atoms. The number of rotatable bonds is 9. The third-order valence-corrected chi connectivity index (χ3v) is 5.57. The van der Waals surface area contributed by atoms with Gasteiger partial charge in [0.05, 0.1) is 43.3 Å². The molecule has 0 fully saturated rings. The molecule has 2 aromatic heterocycles. The van der Waals surface area contributed by atoms with E-state index < -0.39 is 5.91 Å². The molecule has 0 spiro atoms. The lowest BCUT2D eigenvalue weighted by atomic mass is 10.1. The highest BCUT2D eigenvalue weighted by molar-refractivity contribution is 6.08. The van der Waals surface area contributed by atoms with Crippen LogP contribution >= 0.6 is 0 Å². The SMILES string of the molecule is CON(C)C(=O)Cc1cnc(NC(=O)c2cccc(NCNC(=O)c3cc4ccccc4cn3)c2N)[nH]1. The zero-order valence-corrected chi connectivity index (χ0v) is 20.2. The summed E-state index contributed by atoms with van der Waals surface area (Å²) in [6.45, 7) is 0.0636. The third kappa shape index (κ3) is 6.00. The Bertz CT molecular complexity index is 1450. The number of nitrogen functional groups attached to an aromatic ring is 1. The minimum absolute atomic E-state index is 0.0230. The Labute approximate surface area is 212 Å². The van der Waals surface area contributed by atoms with Gasteiger partial charge in [0.2, 0.25) is 5.95 Å². The molecule has 4 rings (SSSR count). The van der Waals surface area contributed by atoms with Crippen molar-refractivity contribution < 1.29 is 19.2 Å². The molecule has 0 aliphatic carbocycles. The molecule has 4 aromatic rings. The van der Waals surface area contributed by atoms with E-state index in [0.717, 1.165) is 15.8 Å². The largest absolute Gasteiger partial charge is 0.396 e. The number of pyridine rings is 1. The van der Waals surface area contributed by atoms with Crippen LogP contribution in [0.15, 0.2) is 60.9 Å². The van der Waals surface area contributed by atoms with Gasteiger partial charge in [-0.05, 0) is 23.6 Å². The van der Waals surface area contributed by atoms with Gasteiger partial charge in [-0.1, -0.05) is 30.3 Å². The number of aromatic nitrogens is 3. The summed E-state index contributed by atoms with van der Waals surface area (Å²) < 4.78 is 0. The Hall–Kier alpha value is -4.97. The van der Waals surface area contributed by atoms with E-state index in [1.807, 2.05) is 24.3 Å². The van der Waals surface area contributed by atoms with Gasteiger partial charge in [0.15, 0.2) is 0 Å². The molecule has 2 heterocycles. The fraction of sp³-hybridized carbons (Fsp3) is 0.160. The molecule has 0 unspecified atom stereocenters. The molecule has 0 aliphatic heterocycles. The average Bonchev–Trinajstić information content (AvgIpc) is 3.34. The molecule has 12 nitrogen and oxygen atoms in total. The highest BCUT2D eigenvalue weighted by Gasteiger charge is 2.16. The predicted molar refractivity (Wildman–Crippen MR) is 139 cm³/mol. The summed E-state index contributed by atoms with van der Waals surface area (Å²) in [7, 11) is 2.89. The van der Waals surface area contributed by atoms with Crippen LogP contribution in [0.5, 0.6) is 0 Å². The molecule has 0 saturated carbocycles. The summed E-state index contributed by atoms with van der Waals surface area (Å²) in [5.41, 5.74) is 7.87. The first-order valence-corrected chi connectivity index (χ1v) is 11.3. The number of amides is 3. The number of nitrogens with two attached hydrogens (primary N) is 1. The molecular weight excluding hydrogens is 476 g/mol. The van der Waals surface area contributed by atoms with Gasteiger partial charge < -0.3 is 21.4 Å². The molecule has 0 aliphatic rings. The molecule has 0 saturated heterocycles. The number of likely N-dealkylation sites (N-methyl/N-ethyl adjacent to an activating group) is 1. The van der Waals surface area contributed by atoms with Gasteiger partial charge in [-0.2, -0.15) is 0 Å². The quantitative estimate of drug-likeness (QED) is 0.132. The van der Waals surface area contributed by atoms with Crippen molar-refractivity contribution in [1.29, 1.82) is 0 Å². The number of imidazole rings is 1. The van der Waals surface area contributed by atoms with E-state index in [4.69, 9.17) is 10.6 Å². The number of hydrogen-bond donors (Lipinski definition) is 5. The molecule has 12 heteroatoms. The number of fused-ring (bicyclic) bond motifs is 1. The van der Waals surface area contributed by atoms with E-state index in [2.05, 4.69) is 30.9 Å². The first-order chi connectivity index (χ1) is 17.9. The number of carbonyl (C=O) groups excluding carboxylic acids is 3. The van der Waals surface area contributed by atoms with Gasteiger partial charge >= 0.3 is 0 Å². The maximum absolute atomic E-state index is 12.8. The van der Waals surface area contributed by atoms with Gasteiger partial charge in [0.1, 0.15) is 5.69 Å². The summed E-state index contributed by atoms with van der Waals surface area (Å²) in [6, 6.07) is 14.3. The minimum Gasteiger partial charge on any atom is -0.396 e. The van der Waals surface area contributed by atoms with Crippen LogP contribution in [0.2, 0.25) is 0 Å². The summed E-state index contributed by atoms with van der Waals surface area (Å²) in [5, 5.41) is 11.3. The second kappa shape index (κ2) is 11.2. The smallest absolute Gasteiger partial charge is 0.271 e. The molecule has 0 radical (unpaired) electrons. The van der Waals surface area contributed by atoms with E-state index in [1.165, 1.54) is 20.4 Å². The molecule has 0 atom stereocenters. The van der Waals surface area contributed by atoms with Crippen molar-refractivity contribution in [2.45, 2.75) is 6.42 Å². The molecule has 190 valence electrons. The van der Waals surface area contributed by atoms with Crippen LogP contribution in [-0.2, 0) is 16.1 Å². The summed E-state index contributed by atoms with van der Waals surface area (Å²) in [5.74, 6) is -0.961. The van der Waals surface area contributed by atoms with E-state index in [-0.39, 0.29) is 47.8 Å². The van der Waals surface area contributed by atoms with E-state index in [0.29, 0.717) is 11.4 Å². The fourth-order valence-corrected chi connectivity index (χ4v) is 3.50. The number of hydrogen-bond acceptors (Lipinski definition) is 8. The monoisotopic (exact) mass is 502 g/mol. The Morgan fingerprint density at radius 3 is 2.59 bits per heavy atom. The molecular formula is C25H26N8O4. The Morgan fingerprint density at radius 2 is 1.81 bits per heavy atom. The second-order valence-corrected chi connectivity index (χ2v) is 8.00. The lowest BCUT2D eigenvalue weighted by molar-refractivity contribution is -0.167. The Balaban J connectivity index is 1.35.